The van der Waals surface area contributed by atoms with Crippen LogP contribution in [0.15, 0.2) is 40.9 Å². The minimum atomic E-state index is -0.103. The maximum atomic E-state index is 12.2. The molecule has 136 valence electrons. The Hall–Kier alpha value is -1.83. The zero-order valence-electron chi connectivity index (χ0n) is 14.5. The lowest BCUT2D eigenvalue weighted by Gasteiger charge is -2.07. The number of rotatable bonds is 7. The quantitative estimate of drug-likeness (QED) is 0.562. The first-order chi connectivity index (χ1) is 12.6. The molecular weight excluding hydrogens is 388 g/mol. The standard InChI is InChI=1S/C18H19ClN4OS2/c1-3-15-8-12(10-25-15)17-21-22-18(23(17)4-2)26-11-16(24)20-14-7-5-6-13(19)9-14/h5-10H,3-4,11H2,1-2H3,(H,20,24). The smallest absolute Gasteiger partial charge is 0.234 e. The number of anilines is 1. The van der Waals surface area contributed by atoms with E-state index in [-0.39, 0.29) is 11.7 Å². The molecule has 0 saturated heterocycles. The SMILES string of the molecule is CCc1cc(-c2nnc(SCC(=O)Nc3cccc(Cl)c3)n2CC)cs1. The average Bonchev–Trinajstić information content (AvgIpc) is 3.26. The number of benzene rings is 1. The van der Waals surface area contributed by atoms with Gasteiger partial charge in [-0.25, -0.2) is 0 Å². The van der Waals surface area contributed by atoms with Crippen LogP contribution in [-0.4, -0.2) is 26.4 Å². The van der Waals surface area contributed by atoms with Crippen molar-refractivity contribution >= 4 is 46.3 Å². The van der Waals surface area contributed by atoms with Crippen LogP contribution in [0.5, 0.6) is 0 Å². The lowest BCUT2D eigenvalue weighted by Crippen LogP contribution is -2.14. The Labute approximate surface area is 165 Å². The molecule has 1 N–H and O–H groups in total. The van der Waals surface area contributed by atoms with Gasteiger partial charge in [-0.05, 0) is 37.6 Å². The summed E-state index contributed by atoms with van der Waals surface area (Å²) in [6.07, 6.45) is 1.01. The van der Waals surface area contributed by atoms with E-state index in [1.165, 1.54) is 16.6 Å². The van der Waals surface area contributed by atoms with Crippen LogP contribution in [0.2, 0.25) is 5.02 Å². The summed E-state index contributed by atoms with van der Waals surface area (Å²) in [7, 11) is 0. The molecule has 26 heavy (non-hydrogen) atoms. The van der Waals surface area contributed by atoms with E-state index in [0.717, 1.165) is 29.5 Å². The van der Waals surface area contributed by atoms with Gasteiger partial charge in [-0.3, -0.25) is 4.79 Å². The van der Waals surface area contributed by atoms with Gasteiger partial charge in [-0.15, -0.1) is 21.5 Å². The summed E-state index contributed by atoms with van der Waals surface area (Å²) in [5.74, 6) is 1.00. The number of aryl methyl sites for hydroxylation is 1. The van der Waals surface area contributed by atoms with Crippen LogP contribution in [0, 0.1) is 0 Å². The maximum absolute atomic E-state index is 12.2. The molecular formula is C18H19ClN4OS2. The predicted octanol–water partition coefficient (Wildman–Crippen LogP) is 4.97. The molecule has 0 unspecified atom stereocenters. The predicted molar refractivity (Wildman–Crippen MR) is 109 cm³/mol. The molecule has 3 aromatic rings. The molecule has 8 heteroatoms. The number of thioether (sulfide) groups is 1. The minimum absolute atomic E-state index is 0.103. The molecule has 0 bridgehead atoms. The van der Waals surface area contributed by atoms with Crippen molar-refractivity contribution in [1.82, 2.24) is 14.8 Å². The summed E-state index contributed by atoms with van der Waals surface area (Å²) < 4.78 is 2.04. The fourth-order valence-corrected chi connectivity index (χ4v) is 4.28. The molecule has 2 heterocycles. The molecule has 1 aromatic carbocycles. The molecule has 0 aliphatic carbocycles. The lowest BCUT2D eigenvalue weighted by molar-refractivity contribution is -0.113. The lowest BCUT2D eigenvalue weighted by atomic mass is 10.2. The van der Waals surface area contributed by atoms with Crippen molar-refractivity contribution in [3.63, 3.8) is 0 Å². The van der Waals surface area contributed by atoms with Gasteiger partial charge in [0.05, 0.1) is 5.75 Å². The molecule has 0 aliphatic rings. The summed E-state index contributed by atoms with van der Waals surface area (Å²) in [6.45, 7) is 4.94. The van der Waals surface area contributed by atoms with E-state index < -0.39 is 0 Å². The summed E-state index contributed by atoms with van der Waals surface area (Å²) in [5.41, 5.74) is 1.77. The van der Waals surface area contributed by atoms with Crippen molar-refractivity contribution in [2.75, 3.05) is 11.1 Å². The number of nitrogens with zero attached hydrogens (tertiary/aromatic N) is 3. The molecule has 0 aliphatic heterocycles. The first kappa shape index (κ1) is 18.9. The third-order valence-electron chi connectivity index (χ3n) is 3.73. The molecule has 5 nitrogen and oxygen atoms in total. The van der Waals surface area contributed by atoms with Crippen molar-refractivity contribution in [2.24, 2.45) is 0 Å². The van der Waals surface area contributed by atoms with E-state index in [1.54, 1.807) is 29.5 Å². The van der Waals surface area contributed by atoms with Crippen LogP contribution in [0.25, 0.3) is 11.4 Å². The van der Waals surface area contributed by atoms with E-state index in [2.05, 4.69) is 40.8 Å². The molecule has 2 aromatic heterocycles. The summed E-state index contributed by atoms with van der Waals surface area (Å²) in [6, 6.07) is 9.25. The Bertz CT molecular complexity index is 906. The van der Waals surface area contributed by atoms with Gasteiger partial charge in [-0.1, -0.05) is 36.4 Å². The minimum Gasteiger partial charge on any atom is -0.325 e. The normalized spacial score (nSPS) is 10.9. The Morgan fingerprint density at radius 3 is 2.85 bits per heavy atom. The number of nitrogens with one attached hydrogen (secondary N) is 1. The Morgan fingerprint density at radius 2 is 2.15 bits per heavy atom. The molecule has 0 saturated carbocycles. The summed E-state index contributed by atoms with van der Waals surface area (Å²) in [4.78, 5) is 13.5. The maximum Gasteiger partial charge on any atom is 0.234 e. The first-order valence-corrected chi connectivity index (χ1v) is 10.5. The van der Waals surface area contributed by atoms with E-state index >= 15 is 0 Å². The number of hydrogen-bond donors (Lipinski definition) is 1. The number of halogens is 1. The number of aromatic nitrogens is 3. The Morgan fingerprint density at radius 1 is 1.31 bits per heavy atom. The number of carbonyl (C=O) groups is 1. The zero-order valence-corrected chi connectivity index (χ0v) is 16.9. The van der Waals surface area contributed by atoms with Gasteiger partial charge in [0.2, 0.25) is 5.91 Å². The second kappa shape index (κ2) is 8.70. The summed E-state index contributed by atoms with van der Waals surface area (Å²) >= 11 is 9.05. The van der Waals surface area contributed by atoms with Crippen molar-refractivity contribution in [2.45, 2.75) is 32.0 Å². The van der Waals surface area contributed by atoms with Crippen LogP contribution in [0.1, 0.15) is 18.7 Å². The van der Waals surface area contributed by atoms with Gasteiger partial charge < -0.3 is 9.88 Å². The van der Waals surface area contributed by atoms with Crippen LogP contribution in [0.4, 0.5) is 5.69 Å². The molecule has 0 atom stereocenters. The topological polar surface area (TPSA) is 59.8 Å². The Kier molecular flexibility index (Phi) is 6.34. The second-order valence-corrected chi connectivity index (χ2v) is 7.93. The number of carbonyl (C=O) groups excluding carboxylic acids is 1. The van der Waals surface area contributed by atoms with Gasteiger partial charge in [0.1, 0.15) is 0 Å². The Balaban J connectivity index is 1.67. The highest BCUT2D eigenvalue weighted by Crippen LogP contribution is 2.28. The van der Waals surface area contributed by atoms with Crippen LogP contribution >= 0.6 is 34.7 Å². The van der Waals surface area contributed by atoms with E-state index in [0.29, 0.717) is 10.7 Å². The highest BCUT2D eigenvalue weighted by atomic mass is 35.5. The fourth-order valence-electron chi connectivity index (χ4n) is 2.47. The van der Waals surface area contributed by atoms with Gasteiger partial charge in [0.25, 0.3) is 0 Å². The van der Waals surface area contributed by atoms with E-state index in [1.807, 2.05) is 10.6 Å². The second-order valence-electron chi connectivity index (χ2n) is 5.55. The zero-order chi connectivity index (χ0) is 18.5. The molecule has 0 fully saturated rings. The molecule has 0 radical (unpaired) electrons. The fraction of sp³-hybridized carbons (Fsp3) is 0.278. The van der Waals surface area contributed by atoms with Crippen LogP contribution in [-0.2, 0) is 17.8 Å². The van der Waals surface area contributed by atoms with Crippen LogP contribution in [0.3, 0.4) is 0 Å². The van der Waals surface area contributed by atoms with Gasteiger partial charge in [0, 0.05) is 33.1 Å². The van der Waals surface area contributed by atoms with Crippen molar-refractivity contribution in [3.8, 4) is 11.4 Å². The van der Waals surface area contributed by atoms with Gasteiger partial charge in [-0.2, -0.15) is 0 Å². The molecule has 3 rings (SSSR count). The highest BCUT2D eigenvalue weighted by Gasteiger charge is 2.15. The average molecular weight is 407 g/mol. The molecule has 1 amide bonds. The summed E-state index contributed by atoms with van der Waals surface area (Å²) in [5, 5.41) is 14.9. The van der Waals surface area contributed by atoms with E-state index in [4.69, 9.17) is 11.6 Å². The van der Waals surface area contributed by atoms with Gasteiger partial charge in [0.15, 0.2) is 11.0 Å². The third-order valence-corrected chi connectivity index (χ3v) is 6.02. The largest absolute Gasteiger partial charge is 0.325 e. The van der Waals surface area contributed by atoms with E-state index in [9.17, 15) is 4.79 Å². The first-order valence-electron chi connectivity index (χ1n) is 8.30. The molecule has 0 spiro atoms. The number of thiophene rings is 1. The monoisotopic (exact) mass is 406 g/mol. The van der Waals surface area contributed by atoms with Gasteiger partial charge >= 0.3 is 0 Å². The van der Waals surface area contributed by atoms with Crippen molar-refractivity contribution in [3.05, 3.63) is 45.6 Å². The third kappa shape index (κ3) is 4.47. The number of hydrogen-bond acceptors (Lipinski definition) is 5. The van der Waals surface area contributed by atoms with Crippen molar-refractivity contribution < 1.29 is 4.79 Å². The highest BCUT2D eigenvalue weighted by molar-refractivity contribution is 7.99. The van der Waals surface area contributed by atoms with Crippen molar-refractivity contribution in [1.29, 1.82) is 0 Å². The number of amides is 1. The van der Waals surface area contributed by atoms with Crippen LogP contribution < -0.4 is 5.32 Å².